The second kappa shape index (κ2) is 5.49. The molecule has 1 unspecified atom stereocenters. The molecule has 1 aromatic rings. The lowest BCUT2D eigenvalue weighted by Crippen LogP contribution is -2.19. The number of nitrogens with one attached hydrogen (secondary N) is 1. The van der Waals surface area contributed by atoms with E-state index in [0.29, 0.717) is 11.8 Å². The van der Waals surface area contributed by atoms with Gasteiger partial charge in [0.15, 0.2) is 5.82 Å². The smallest absolute Gasteiger partial charge is 0.165 e. The van der Waals surface area contributed by atoms with Crippen LogP contribution in [-0.2, 0) is 23.9 Å². The SMILES string of the molecule is CS(=O)CCCn1nnnc1CNC1CC1. The zero-order chi connectivity index (χ0) is 11.4. The van der Waals surface area contributed by atoms with Gasteiger partial charge in [-0.3, -0.25) is 4.21 Å². The summed E-state index contributed by atoms with van der Waals surface area (Å²) in [4.78, 5) is 0. The fourth-order valence-corrected chi connectivity index (χ4v) is 2.00. The molecule has 1 heterocycles. The van der Waals surface area contributed by atoms with Crippen molar-refractivity contribution in [1.29, 1.82) is 0 Å². The van der Waals surface area contributed by atoms with E-state index < -0.39 is 10.8 Å². The average Bonchev–Trinajstić information content (AvgIpc) is 2.96. The molecule has 0 aliphatic heterocycles. The molecule has 1 N–H and O–H groups in total. The third-order valence-electron chi connectivity index (χ3n) is 2.53. The van der Waals surface area contributed by atoms with E-state index in [1.54, 1.807) is 10.9 Å². The van der Waals surface area contributed by atoms with E-state index >= 15 is 0 Å². The minimum absolute atomic E-state index is 0.660. The highest BCUT2D eigenvalue weighted by molar-refractivity contribution is 7.84. The first kappa shape index (κ1) is 11.7. The van der Waals surface area contributed by atoms with Crippen molar-refractivity contribution in [2.75, 3.05) is 12.0 Å². The third-order valence-corrected chi connectivity index (χ3v) is 3.40. The molecule has 0 radical (unpaired) electrons. The lowest BCUT2D eigenvalue weighted by molar-refractivity contribution is 0.534. The monoisotopic (exact) mass is 243 g/mol. The van der Waals surface area contributed by atoms with Crippen LogP contribution < -0.4 is 5.32 Å². The minimum atomic E-state index is -0.732. The molecule has 1 atom stereocenters. The summed E-state index contributed by atoms with van der Waals surface area (Å²) in [5.41, 5.74) is 0. The summed E-state index contributed by atoms with van der Waals surface area (Å²) in [5, 5.41) is 14.9. The predicted molar refractivity (Wildman–Crippen MR) is 61.2 cm³/mol. The van der Waals surface area contributed by atoms with Crippen molar-refractivity contribution in [3.8, 4) is 0 Å². The highest BCUT2D eigenvalue weighted by atomic mass is 32.2. The predicted octanol–water partition coefficient (Wildman–Crippen LogP) is -0.306. The highest BCUT2D eigenvalue weighted by Crippen LogP contribution is 2.18. The molecule has 1 aliphatic rings. The van der Waals surface area contributed by atoms with Gasteiger partial charge >= 0.3 is 0 Å². The standard InChI is InChI=1S/C9H17N5OS/c1-16(15)6-2-5-14-9(11-12-13-14)7-10-8-3-4-8/h8,10H,2-7H2,1H3. The molecule has 1 fully saturated rings. The molecule has 0 amide bonds. The number of nitrogens with zero attached hydrogens (tertiary/aromatic N) is 4. The zero-order valence-corrected chi connectivity index (χ0v) is 10.2. The quantitative estimate of drug-likeness (QED) is 0.711. The van der Waals surface area contributed by atoms with Gasteiger partial charge in [0.2, 0.25) is 0 Å². The molecule has 16 heavy (non-hydrogen) atoms. The Balaban J connectivity index is 1.78. The molecule has 0 aromatic carbocycles. The Morgan fingerprint density at radius 1 is 1.56 bits per heavy atom. The van der Waals surface area contributed by atoms with Gasteiger partial charge in [0, 0.05) is 35.4 Å². The van der Waals surface area contributed by atoms with Gasteiger partial charge in [0.05, 0.1) is 6.54 Å². The van der Waals surface area contributed by atoms with E-state index in [9.17, 15) is 4.21 Å². The van der Waals surface area contributed by atoms with Crippen LogP contribution in [-0.4, -0.2) is 42.5 Å². The van der Waals surface area contributed by atoms with Gasteiger partial charge in [-0.15, -0.1) is 5.10 Å². The van der Waals surface area contributed by atoms with Crippen LogP contribution in [0.4, 0.5) is 0 Å². The second-order valence-electron chi connectivity index (χ2n) is 4.10. The summed E-state index contributed by atoms with van der Waals surface area (Å²) in [5.74, 6) is 1.57. The Kier molecular flexibility index (Phi) is 4.00. The molecule has 1 aromatic heterocycles. The van der Waals surface area contributed by atoms with Crippen LogP contribution >= 0.6 is 0 Å². The lowest BCUT2D eigenvalue weighted by Gasteiger charge is -2.04. The summed E-state index contributed by atoms with van der Waals surface area (Å²) >= 11 is 0. The van der Waals surface area contributed by atoms with E-state index in [0.717, 1.165) is 25.3 Å². The number of rotatable bonds is 7. The van der Waals surface area contributed by atoms with Crippen molar-refractivity contribution in [2.24, 2.45) is 0 Å². The van der Waals surface area contributed by atoms with Gasteiger partial charge in [-0.25, -0.2) is 4.68 Å². The van der Waals surface area contributed by atoms with Gasteiger partial charge in [-0.2, -0.15) is 0 Å². The number of aromatic nitrogens is 4. The molecule has 2 rings (SSSR count). The summed E-state index contributed by atoms with van der Waals surface area (Å²) in [6.07, 6.45) is 5.09. The number of hydrogen-bond donors (Lipinski definition) is 1. The Morgan fingerprint density at radius 2 is 2.38 bits per heavy atom. The van der Waals surface area contributed by atoms with Crippen LogP contribution in [0.3, 0.4) is 0 Å². The van der Waals surface area contributed by atoms with E-state index in [2.05, 4.69) is 20.8 Å². The molecule has 7 heteroatoms. The van der Waals surface area contributed by atoms with Crippen LogP contribution in [0.25, 0.3) is 0 Å². The average molecular weight is 243 g/mol. The maximum atomic E-state index is 10.9. The van der Waals surface area contributed by atoms with Gasteiger partial charge in [0.1, 0.15) is 0 Å². The summed E-state index contributed by atoms with van der Waals surface area (Å²) in [6, 6.07) is 0.660. The Hall–Kier alpha value is -0.820. The van der Waals surface area contributed by atoms with Crippen molar-refractivity contribution < 1.29 is 4.21 Å². The van der Waals surface area contributed by atoms with Crippen molar-refractivity contribution in [3.05, 3.63) is 5.82 Å². The second-order valence-corrected chi connectivity index (χ2v) is 5.66. The summed E-state index contributed by atoms with van der Waals surface area (Å²) < 4.78 is 12.7. The number of hydrogen-bond acceptors (Lipinski definition) is 5. The van der Waals surface area contributed by atoms with Crippen molar-refractivity contribution in [3.63, 3.8) is 0 Å². The first-order valence-corrected chi connectivity index (χ1v) is 7.27. The Morgan fingerprint density at radius 3 is 3.06 bits per heavy atom. The van der Waals surface area contributed by atoms with Crippen LogP contribution in [0.5, 0.6) is 0 Å². The van der Waals surface area contributed by atoms with E-state index in [-0.39, 0.29) is 0 Å². The lowest BCUT2D eigenvalue weighted by atomic mass is 10.4. The van der Waals surface area contributed by atoms with Gasteiger partial charge in [0.25, 0.3) is 0 Å². The zero-order valence-electron chi connectivity index (χ0n) is 9.43. The van der Waals surface area contributed by atoms with E-state index in [1.165, 1.54) is 12.8 Å². The Bertz CT molecular complexity index is 363. The van der Waals surface area contributed by atoms with Gasteiger partial charge in [-0.05, 0) is 29.7 Å². The molecular weight excluding hydrogens is 226 g/mol. The van der Waals surface area contributed by atoms with Crippen molar-refractivity contribution in [2.45, 2.75) is 38.4 Å². The minimum Gasteiger partial charge on any atom is -0.307 e. The summed E-state index contributed by atoms with van der Waals surface area (Å²) in [6.45, 7) is 1.47. The first-order chi connectivity index (χ1) is 7.75. The largest absolute Gasteiger partial charge is 0.307 e. The molecule has 0 spiro atoms. The normalized spacial score (nSPS) is 17.6. The fourth-order valence-electron chi connectivity index (χ4n) is 1.46. The summed E-state index contributed by atoms with van der Waals surface area (Å²) in [7, 11) is -0.732. The van der Waals surface area contributed by atoms with Crippen molar-refractivity contribution >= 4 is 10.8 Å². The van der Waals surface area contributed by atoms with Crippen LogP contribution in [0.15, 0.2) is 0 Å². The van der Waals surface area contributed by atoms with Gasteiger partial charge < -0.3 is 5.32 Å². The number of aryl methyl sites for hydroxylation is 1. The molecule has 1 saturated carbocycles. The van der Waals surface area contributed by atoms with Crippen LogP contribution in [0, 0.1) is 0 Å². The van der Waals surface area contributed by atoms with Crippen LogP contribution in [0.1, 0.15) is 25.1 Å². The topological polar surface area (TPSA) is 72.7 Å². The molecule has 6 nitrogen and oxygen atoms in total. The fraction of sp³-hybridized carbons (Fsp3) is 0.889. The molecule has 0 saturated heterocycles. The van der Waals surface area contributed by atoms with Gasteiger partial charge in [-0.1, -0.05) is 0 Å². The third kappa shape index (κ3) is 3.64. The molecule has 0 bridgehead atoms. The maximum Gasteiger partial charge on any atom is 0.165 e. The van der Waals surface area contributed by atoms with Crippen molar-refractivity contribution in [1.82, 2.24) is 25.5 Å². The molecule has 1 aliphatic carbocycles. The first-order valence-electron chi connectivity index (χ1n) is 5.54. The number of tetrazole rings is 1. The Labute approximate surface area is 97.3 Å². The maximum absolute atomic E-state index is 10.9. The molecular formula is C9H17N5OS. The van der Waals surface area contributed by atoms with Crippen LogP contribution in [0.2, 0.25) is 0 Å². The highest BCUT2D eigenvalue weighted by Gasteiger charge is 2.21. The van der Waals surface area contributed by atoms with E-state index in [1.807, 2.05) is 0 Å². The molecule has 90 valence electrons. The van der Waals surface area contributed by atoms with E-state index in [4.69, 9.17) is 0 Å².